The van der Waals surface area contributed by atoms with Gasteiger partial charge in [-0.1, -0.05) is 11.6 Å². The number of anilines is 1. The molecule has 0 heterocycles. The summed E-state index contributed by atoms with van der Waals surface area (Å²) in [6.45, 7) is 0. The molecule has 0 unspecified atom stereocenters. The fourth-order valence-corrected chi connectivity index (χ4v) is 1.98. The molecule has 6 nitrogen and oxygen atoms in total. The van der Waals surface area contributed by atoms with Gasteiger partial charge in [-0.15, -0.1) is 0 Å². The van der Waals surface area contributed by atoms with Crippen LogP contribution in [0.5, 0.6) is 0 Å². The van der Waals surface area contributed by atoms with Crippen molar-refractivity contribution in [2.45, 2.75) is 12.5 Å². The quantitative estimate of drug-likeness (QED) is 0.620. The maximum absolute atomic E-state index is 11.8. The van der Waals surface area contributed by atoms with Gasteiger partial charge in [-0.25, -0.2) is 0 Å². The number of carbonyl (C=O) groups is 1. The highest BCUT2D eigenvalue weighted by Crippen LogP contribution is 2.26. The SMILES string of the molecule is CSCC[C@H](N)C(=O)Nc1cc([N+](=O)[O-])ccc1Cl. The summed E-state index contributed by atoms with van der Waals surface area (Å²) in [4.78, 5) is 21.9. The maximum Gasteiger partial charge on any atom is 0.271 e. The van der Waals surface area contributed by atoms with Crippen LogP contribution in [0.15, 0.2) is 18.2 Å². The van der Waals surface area contributed by atoms with E-state index in [-0.39, 0.29) is 16.4 Å². The van der Waals surface area contributed by atoms with Gasteiger partial charge in [0.1, 0.15) is 0 Å². The number of nitro benzene ring substituents is 1. The number of halogens is 1. The molecule has 1 rings (SSSR count). The molecule has 104 valence electrons. The van der Waals surface area contributed by atoms with Gasteiger partial charge in [0, 0.05) is 12.1 Å². The first-order valence-electron chi connectivity index (χ1n) is 5.45. The molecule has 0 bridgehead atoms. The number of carbonyl (C=O) groups excluding carboxylic acids is 1. The van der Waals surface area contributed by atoms with Crippen LogP contribution in [0.3, 0.4) is 0 Å². The molecule has 0 saturated heterocycles. The zero-order chi connectivity index (χ0) is 14.4. The monoisotopic (exact) mass is 303 g/mol. The highest BCUT2D eigenvalue weighted by atomic mass is 35.5. The first-order valence-corrected chi connectivity index (χ1v) is 7.22. The van der Waals surface area contributed by atoms with Gasteiger partial charge in [0.2, 0.25) is 5.91 Å². The topological polar surface area (TPSA) is 98.3 Å². The minimum Gasteiger partial charge on any atom is -0.323 e. The normalized spacial score (nSPS) is 11.9. The number of nitrogens with two attached hydrogens (primary N) is 1. The summed E-state index contributed by atoms with van der Waals surface area (Å²) < 4.78 is 0. The Hall–Kier alpha value is -1.31. The molecule has 3 N–H and O–H groups in total. The van der Waals surface area contributed by atoms with Gasteiger partial charge >= 0.3 is 0 Å². The van der Waals surface area contributed by atoms with E-state index in [4.69, 9.17) is 17.3 Å². The number of non-ortho nitro benzene ring substituents is 1. The van der Waals surface area contributed by atoms with Crippen LogP contribution in [0.4, 0.5) is 11.4 Å². The number of nitro groups is 1. The van der Waals surface area contributed by atoms with Crippen LogP contribution in [-0.2, 0) is 4.79 Å². The van der Waals surface area contributed by atoms with Crippen LogP contribution < -0.4 is 11.1 Å². The lowest BCUT2D eigenvalue weighted by Gasteiger charge is -2.12. The molecular weight excluding hydrogens is 290 g/mol. The summed E-state index contributed by atoms with van der Waals surface area (Å²) in [7, 11) is 0. The molecule has 0 aliphatic rings. The van der Waals surface area contributed by atoms with Crippen LogP contribution in [0.25, 0.3) is 0 Å². The average Bonchev–Trinajstić information content (AvgIpc) is 2.38. The maximum atomic E-state index is 11.8. The van der Waals surface area contributed by atoms with Crippen molar-refractivity contribution >= 4 is 40.6 Å². The summed E-state index contributed by atoms with van der Waals surface area (Å²) in [6, 6.07) is 3.18. The van der Waals surface area contributed by atoms with Gasteiger partial charge in [0.05, 0.1) is 21.7 Å². The molecule has 0 fully saturated rings. The number of hydrogen-bond acceptors (Lipinski definition) is 5. The molecule has 1 aromatic carbocycles. The first kappa shape index (κ1) is 15.7. The van der Waals surface area contributed by atoms with E-state index >= 15 is 0 Å². The van der Waals surface area contributed by atoms with Crippen molar-refractivity contribution in [2.75, 3.05) is 17.3 Å². The van der Waals surface area contributed by atoms with E-state index in [1.165, 1.54) is 18.2 Å². The van der Waals surface area contributed by atoms with Crippen molar-refractivity contribution in [1.29, 1.82) is 0 Å². The second-order valence-corrected chi connectivity index (χ2v) is 5.19. The van der Waals surface area contributed by atoms with Gasteiger partial charge in [0.25, 0.3) is 5.69 Å². The molecule has 1 atom stereocenters. The molecule has 8 heteroatoms. The molecule has 0 radical (unpaired) electrons. The fraction of sp³-hybridized carbons (Fsp3) is 0.364. The average molecular weight is 304 g/mol. The van der Waals surface area contributed by atoms with Crippen molar-refractivity contribution in [3.63, 3.8) is 0 Å². The van der Waals surface area contributed by atoms with E-state index in [1.807, 2.05) is 6.26 Å². The Kier molecular flexibility index (Phi) is 6.07. The van der Waals surface area contributed by atoms with Crippen LogP contribution in [0, 0.1) is 10.1 Å². The second-order valence-electron chi connectivity index (χ2n) is 3.80. The Morgan fingerprint density at radius 3 is 2.89 bits per heavy atom. The summed E-state index contributed by atoms with van der Waals surface area (Å²) in [6.07, 6.45) is 2.45. The van der Waals surface area contributed by atoms with Crippen molar-refractivity contribution in [3.05, 3.63) is 33.3 Å². The molecule has 1 aromatic rings. The molecule has 19 heavy (non-hydrogen) atoms. The third-order valence-corrected chi connectivity index (χ3v) is 3.36. The molecule has 0 aliphatic carbocycles. The van der Waals surface area contributed by atoms with Gasteiger partial charge in [-0.3, -0.25) is 14.9 Å². The van der Waals surface area contributed by atoms with Crippen molar-refractivity contribution in [1.82, 2.24) is 0 Å². The van der Waals surface area contributed by atoms with Gasteiger partial charge in [-0.2, -0.15) is 11.8 Å². The summed E-state index contributed by atoms with van der Waals surface area (Å²) in [5.41, 5.74) is 5.75. The van der Waals surface area contributed by atoms with E-state index < -0.39 is 16.9 Å². The minimum absolute atomic E-state index is 0.141. The van der Waals surface area contributed by atoms with Crippen LogP contribution in [0.1, 0.15) is 6.42 Å². The fourth-order valence-electron chi connectivity index (χ4n) is 1.32. The van der Waals surface area contributed by atoms with Crippen molar-refractivity contribution < 1.29 is 9.72 Å². The van der Waals surface area contributed by atoms with E-state index in [1.54, 1.807) is 11.8 Å². The summed E-state index contributed by atoms with van der Waals surface area (Å²) >= 11 is 7.46. The molecule has 0 saturated carbocycles. The molecule has 0 aromatic heterocycles. The van der Waals surface area contributed by atoms with E-state index in [2.05, 4.69) is 5.32 Å². The predicted molar refractivity (Wildman–Crippen MR) is 77.7 cm³/mol. The standard InChI is InChI=1S/C11H14ClN3O3S/c1-19-5-4-9(13)11(16)14-10-6-7(15(17)18)2-3-8(10)12/h2-3,6,9H,4-5,13H2,1H3,(H,14,16)/t9-/m0/s1. The lowest BCUT2D eigenvalue weighted by atomic mass is 10.2. The lowest BCUT2D eigenvalue weighted by molar-refractivity contribution is -0.384. The van der Waals surface area contributed by atoms with Gasteiger partial charge < -0.3 is 11.1 Å². The van der Waals surface area contributed by atoms with Crippen LogP contribution in [-0.4, -0.2) is 28.9 Å². The van der Waals surface area contributed by atoms with E-state index in [9.17, 15) is 14.9 Å². The molecular formula is C11H14ClN3O3S. The zero-order valence-electron chi connectivity index (χ0n) is 10.3. The first-order chi connectivity index (χ1) is 8.95. The minimum atomic E-state index is -0.664. The third kappa shape index (κ3) is 4.70. The van der Waals surface area contributed by atoms with E-state index in [0.29, 0.717) is 6.42 Å². The highest BCUT2D eigenvalue weighted by molar-refractivity contribution is 7.98. The number of nitrogens with one attached hydrogen (secondary N) is 1. The number of rotatable bonds is 6. The Morgan fingerprint density at radius 1 is 1.63 bits per heavy atom. The number of benzene rings is 1. The van der Waals surface area contributed by atoms with Crippen LogP contribution in [0.2, 0.25) is 5.02 Å². The number of hydrogen-bond donors (Lipinski definition) is 2. The zero-order valence-corrected chi connectivity index (χ0v) is 11.8. The molecule has 1 amide bonds. The Balaban J connectivity index is 2.78. The van der Waals surface area contributed by atoms with Crippen molar-refractivity contribution in [3.8, 4) is 0 Å². The Labute approximate surface area is 119 Å². The number of amides is 1. The number of thioether (sulfide) groups is 1. The summed E-state index contributed by atoms with van der Waals surface area (Å²) in [5, 5.41) is 13.4. The predicted octanol–water partition coefficient (Wildman–Crippen LogP) is 2.27. The molecule has 0 aliphatic heterocycles. The van der Waals surface area contributed by atoms with Gasteiger partial charge in [0.15, 0.2) is 0 Å². The second kappa shape index (κ2) is 7.32. The van der Waals surface area contributed by atoms with Gasteiger partial charge in [-0.05, 0) is 24.5 Å². The Morgan fingerprint density at radius 2 is 2.32 bits per heavy atom. The lowest BCUT2D eigenvalue weighted by Crippen LogP contribution is -2.36. The largest absolute Gasteiger partial charge is 0.323 e. The van der Waals surface area contributed by atoms with E-state index in [0.717, 1.165) is 5.75 Å². The third-order valence-electron chi connectivity index (χ3n) is 2.39. The molecule has 0 spiro atoms. The van der Waals surface area contributed by atoms with Crippen molar-refractivity contribution in [2.24, 2.45) is 5.73 Å². The number of nitrogens with zero attached hydrogens (tertiary/aromatic N) is 1. The summed E-state index contributed by atoms with van der Waals surface area (Å²) in [5.74, 6) is 0.355. The van der Waals surface area contributed by atoms with Crippen LogP contribution >= 0.6 is 23.4 Å². The highest BCUT2D eigenvalue weighted by Gasteiger charge is 2.16. The Bertz CT molecular complexity index is 484. The smallest absolute Gasteiger partial charge is 0.271 e.